The Bertz CT molecular complexity index is 1170. The molecule has 0 aliphatic carbocycles. The van der Waals surface area contributed by atoms with E-state index in [9.17, 15) is 19.6 Å². The Morgan fingerprint density at radius 2 is 1.74 bits per heavy atom. The Balaban J connectivity index is 2.23. The fraction of sp³-hybridized carbons (Fsp3) is 0.526. The predicted octanol–water partition coefficient (Wildman–Crippen LogP) is 0.689. The minimum atomic E-state index is -1.19. The third-order valence-corrected chi connectivity index (χ3v) is 6.04. The second kappa shape index (κ2) is 11.1. The summed E-state index contributed by atoms with van der Waals surface area (Å²) in [5.74, 6) is -2.22. The predicted molar refractivity (Wildman–Crippen MR) is 123 cm³/mol. The standard InChI is InChI=1S/C19H24N6O8S2/c1-7(26)30-6-10-13(31-8(2)27)14(32-9(3)28)18(33-10)25-16-11(12(23-25)15(20)24-29)17(34-4)22-19(21-16)35-5/h10,13-14,18,29H,6H2,1-5H3,(H2,20,24)/t10-,13-,14-,18-/m1/s1. The van der Waals surface area contributed by atoms with E-state index in [-0.39, 0.29) is 23.8 Å². The van der Waals surface area contributed by atoms with Crippen molar-refractivity contribution < 1.29 is 38.5 Å². The molecule has 190 valence electrons. The number of hydrogen-bond acceptors (Lipinski definition) is 14. The van der Waals surface area contributed by atoms with Crippen molar-refractivity contribution in [2.45, 2.75) is 55.5 Å². The zero-order valence-electron chi connectivity index (χ0n) is 19.5. The highest BCUT2D eigenvalue weighted by molar-refractivity contribution is 7.99. The number of amidine groups is 1. The zero-order valence-corrected chi connectivity index (χ0v) is 21.1. The van der Waals surface area contributed by atoms with Crippen LogP contribution in [0.3, 0.4) is 0 Å². The summed E-state index contributed by atoms with van der Waals surface area (Å²) >= 11 is 2.57. The lowest BCUT2D eigenvalue weighted by Crippen LogP contribution is -2.40. The van der Waals surface area contributed by atoms with Crippen LogP contribution in [-0.4, -0.2) is 86.1 Å². The summed E-state index contributed by atoms with van der Waals surface area (Å²) in [5, 5.41) is 18.1. The van der Waals surface area contributed by atoms with Crippen molar-refractivity contribution in [3.8, 4) is 0 Å². The lowest BCUT2D eigenvalue weighted by Gasteiger charge is -2.23. The van der Waals surface area contributed by atoms with E-state index in [0.29, 0.717) is 15.6 Å². The van der Waals surface area contributed by atoms with E-state index in [0.717, 1.165) is 0 Å². The molecule has 3 rings (SSSR count). The van der Waals surface area contributed by atoms with Gasteiger partial charge in [0.15, 0.2) is 35.1 Å². The maximum atomic E-state index is 12.0. The SMILES string of the molecule is CSc1nc(SC)c2c(/C(N)=N/O)nn([C@@H]3O[C@H](COC(C)=O)[C@@H](OC(C)=O)[C@H]3OC(C)=O)c2n1. The first-order valence-electron chi connectivity index (χ1n) is 10.1. The van der Waals surface area contributed by atoms with Gasteiger partial charge < -0.3 is 29.9 Å². The van der Waals surface area contributed by atoms with E-state index in [4.69, 9.17) is 24.7 Å². The molecule has 1 fully saturated rings. The van der Waals surface area contributed by atoms with Crippen LogP contribution in [0.2, 0.25) is 0 Å². The molecule has 0 radical (unpaired) electrons. The van der Waals surface area contributed by atoms with Gasteiger partial charge >= 0.3 is 17.9 Å². The number of aromatic nitrogens is 4. The van der Waals surface area contributed by atoms with E-state index in [2.05, 4.69) is 20.2 Å². The number of carbonyl (C=O) groups excluding carboxylic acids is 3. The molecule has 14 nitrogen and oxygen atoms in total. The largest absolute Gasteiger partial charge is 0.463 e. The van der Waals surface area contributed by atoms with Crippen LogP contribution in [-0.2, 0) is 33.3 Å². The number of ether oxygens (including phenoxy) is 4. The summed E-state index contributed by atoms with van der Waals surface area (Å²) in [4.78, 5) is 44.2. The topological polar surface area (TPSA) is 190 Å². The van der Waals surface area contributed by atoms with E-state index in [1.165, 1.54) is 49.0 Å². The smallest absolute Gasteiger partial charge is 0.303 e. The maximum absolute atomic E-state index is 12.0. The first-order chi connectivity index (χ1) is 16.6. The number of rotatable bonds is 8. The Kier molecular flexibility index (Phi) is 8.39. The number of thioether (sulfide) groups is 2. The van der Waals surface area contributed by atoms with Gasteiger partial charge in [-0.15, -0.1) is 11.8 Å². The number of esters is 3. The van der Waals surface area contributed by atoms with Gasteiger partial charge in [0.25, 0.3) is 0 Å². The number of carbonyl (C=O) groups is 3. The third-order valence-electron chi connectivity index (χ3n) is 4.81. The first kappa shape index (κ1) is 26.5. The number of oxime groups is 1. The molecule has 35 heavy (non-hydrogen) atoms. The van der Waals surface area contributed by atoms with Crippen LogP contribution in [0.4, 0.5) is 0 Å². The molecule has 1 aliphatic rings. The van der Waals surface area contributed by atoms with Gasteiger partial charge in [-0.05, 0) is 12.5 Å². The third kappa shape index (κ3) is 5.59. The number of nitrogens with zero attached hydrogens (tertiary/aromatic N) is 5. The molecule has 0 saturated carbocycles. The van der Waals surface area contributed by atoms with Crippen molar-refractivity contribution >= 4 is 58.3 Å². The second-order valence-corrected chi connectivity index (χ2v) is 8.78. The van der Waals surface area contributed by atoms with Gasteiger partial charge in [0.2, 0.25) is 0 Å². The van der Waals surface area contributed by atoms with Gasteiger partial charge in [0.05, 0.1) is 5.39 Å². The van der Waals surface area contributed by atoms with Crippen molar-refractivity contribution in [3.63, 3.8) is 0 Å². The molecule has 1 saturated heterocycles. The quantitative estimate of drug-likeness (QED) is 0.0559. The average molecular weight is 529 g/mol. The molecule has 2 aromatic rings. The summed E-state index contributed by atoms with van der Waals surface area (Å²) in [6, 6.07) is 0. The molecular formula is C19H24N6O8S2. The van der Waals surface area contributed by atoms with Gasteiger partial charge in [0, 0.05) is 20.8 Å². The van der Waals surface area contributed by atoms with E-state index < -0.39 is 42.4 Å². The first-order valence-corrected chi connectivity index (χ1v) is 12.6. The van der Waals surface area contributed by atoms with Crippen LogP contribution in [0, 0.1) is 0 Å². The Morgan fingerprint density at radius 1 is 1.09 bits per heavy atom. The minimum absolute atomic E-state index is 0.0668. The van der Waals surface area contributed by atoms with Gasteiger partial charge in [-0.3, -0.25) is 14.4 Å². The molecule has 16 heteroatoms. The molecule has 0 spiro atoms. The monoisotopic (exact) mass is 528 g/mol. The normalized spacial score (nSPS) is 22.3. The minimum Gasteiger partial charge on any atom is -0.463 e. The van der Waals surface area contributed by atoms with Crippen molar-refractivity contribution in [2.24, 2.45) is 10.9 Å². The molecule has 3 N–H and O–H groups in total. The number of nitrogens with two attached hydrogens (primary N) is 1. The summed E-state index contributed by atoms with van der Waals surface area (Å²) in [6.45, 7) is 3.30. The van der Waals surface area contributed by atoms with Crippen molar-refractivity contribution in [2.75, 3.05) is 19.1 Å². The molecule has 4 atom stereocenters. The number of fused-ring (bicyclic) bond motifs is 1. The van der Waals surface area contributed by atoms with E-state index in [1.807, 2.05) is 0 Å². The Labute approximate surface area is 207 Å². The van der Waals surface area contributed by atoms with Crippen LogP contribution in [0.15, 0.2) is 15.3 Å². The molecule has 1 aliphatic heterocycles. The van der Waals surface area contributed by atoms with Crippen LogP contribution in [0.1, 0.15) is 32.7 Å². The van der Waals surface area contributed by atoms with E-state index >= 15 is 0 Å². The molecular weight excluding hydrogens is 504 g/mol. The van der Waals surface area contributed by atoms with Crippen molar-refractivity contribution in [3.05, 3.63) is 5.69 Å². The molecule has 0 unspecified atom stereocenters. The molecule has 0 amide bonds. The van der Waals surface area contributed by atoms with Crippen molar-refractivity contribution in [1.82, 2.24) is 19.7 Å². The van der Waals surface area contributed by atoms with Gasteiger partial charge in [-0.2, -0.15) is 5.10 Å². The Hall–Kier alpha value is -3.11. The summed E-state index contributed by atoms with van der Waals surface area (Å²) < 4.78 is 23.3. The summed E-state index contributed by atoms with van der Waals surface area (Å²) in [7, 11) is 0. The van der Waals surface area contributed by atoms with Gasteiger partial charge in [-0.1, -0.05) is 16.9 Å². The Morgan fingerprint density at radius 3 is 2.29 bits per heavy atom. The highest BCUT2D eigenvalue weighted by atomic mass is 32.2. The molecule has 0 bridgehead atoms. The van der Waals surface area contributed by atoms with Gasteiger partial charge in [-0.25, -0.2) is 14.6 Å². The molecule has 2 aromatic heterocycles. The molecule has 0 aromatic carbocycles. The average Bonchev–Trinajstić information content (AvgIpc) is 3.34. The van der Waals surface area contributed by atoms with Crippen LogP contribution < -0.4 is 5.73 Å². The summed E-state index contributed by atoms with van der Waals surface area (Å²) in [6.07, 6.45) is -0.911. The summed E-state index contributed by atoms with van der Waals surface area (Å²) in [5.41, 5.74) is 6.19. The second-order valence-electron chi connectivity index (χ2n) is 7.21. The molecule has 3 heterocycles. The highest BCUT2D eigenvalue weighted by Crippen LogP contribution is 2.38. The fourth-order valence-corrected chi connectivity index (χ4v) is 4.51. The van der Waals surface area contributed by atoms with Gasteiger partial charge in [0.1, 0.15) is 23.4 Å². The lowest BCUT2D eigenvalue weighted by atomic mass is 10.1. The number of hydrogen-bond donors (Lipinski definition) is 2. The zero-order chi connectivity index (χ0) is 25.9. The highest BCUT2D eigenvalue weighted by Gasteiger charge is 2.51. The maximum Gasteiger partial charge on any atom is 0.303 e. The van der Waals surface area contributed by atoms with Crippen LogP contribution >= 0.6 is 23.5 Å². The fourth-order valence-electron chi connectivity index (χ4n) is 3.52. The van der Waals surface area contributed by atoms with Crippen molar-refractivity contribution in [1.29, 1.82) is 0 Å². The lowest BCUT2D eigenvalue weighted by molar-refractivity contribution is -0.166. The van der Waals surface area contributed by atoms with E-state index in [1.54, 1.807) is 12.5 Å². The van der Waals surface area contributed by atoms with Crippen LogP contribution in [0.5, 0.6) is 0 Å². The van der Waals surface area contributed by atoms with Crippen LogP contribution in [0.25, 0.3) is 11.0 Å².